The van der Waals surface area contributed by atoms with Crippen molar-refractivity contribution >= 4 is 11.9 Å². The van der Waals surface area contributed by atoms with E-state index < -0.39 is 5.92 Å². The van der Waals surface area contributed by atoms with Gasteiger partial charge in [0.25, 0.3) is 0 Å². The third-order valence-electron chi connectivity index (χ3n) is 5.28. The van der Waals surface area contributed by atoms with Gasteiger partial charge in [0, 0.05) is 19.0 Å². The van der Waals surface area contributed by atoms with Crippen molar-refractivity contribution in [1.82, 2.24) is 4.90 Å². The molecule has 130 valence electrons. The van der Waals surface area contributed by atoms with Gasteiger partial charge in [-0.3, -0.25) is 9.59 Å². The molecule has 24 heavy (non-hydrogen) atoms. The number of hydrogen-bond donors (Lipinski definition) is 0. The van der Waals surface area contributed by atoms with Gasteiger partial charge >= 0.3 is 11.9 Å². The second kappa shape index (κ2) is 7.34. The van der Waals surface area contributed by atoms with E-state index in [4.69, 9.17) is 9.47 Å². The quantitative estimate of drug-likeness (QED) is 0.776. The van der Waals surface area contributed by atoms with Gasteiger partial charge < -0.3 is 14.4 Å². The molecule has 0 N–H and O–H groups in total. The minimum absolute atomic E-state index is 0.0255. The largest absolute Gasteiger partial charge is 0.465 e. The van der Waals surface area contributed by atoms with Crippen LogP contribution < -0.4 is 0 Å². The van der Waals surface area contributed by atoms with Crippen LogP contribution in [0.3, 0.4) is 0 Å². The summed E-state index contributed by atoms with van der Waals surface area (Å²) in [6.07, 6.45) is 4.13. The zero-order valence-electron chi connectivity index (χ0n) is 14.3. The molecule has 0 aromatic heterocycles. The molecule has 1 aromatic rings. The number of ether oxygens (including phenoxy) is 2. The van der Waals surface area contributed by atoms with Gasteiger partial charge in [0.15, 0.2) is 0 Å². The van der Waals surface area contributed by atoms with Gasteiger partial charge in [0.05, 0.1) is 0 Å². The zero-order valence-corrected chi connectivity index (χ0v) is 14.3. The Morgan fingerprint density at radius 1 is 1.17 bits per heavy atom. The second-order valence-electron chi connectivity index (χ2n) is 6.85. The summed E-state index contributed by atoms with van der Waals surface area (Å²) in [7, 11) is 2.16. The number of carbonyl (C=O) groups excluding carboxylic acids is 2. The van der Waals surface area contributed by atoms with Crippen molar-refractivity contribution in [2.24, 2.45) is 0 Å². The van der Waals surface area contributed by atoms with Crippen LogP contribution in [-0.2, 0) is 19.1 Å². The molecule has 3 atom stereocenters. The molecule has 0 saturated carbocycles. The molecule has 3 unspecified atom stereocenters. The minimum Gasteiger partial charge on any atom is -0.465 e. The maximum absolute atomic E-state index is 12.7. The summed E-state index contributed by atoms with van der Waals surface area (Å²) in [6.45, 7) is 1.37. The van der Waals surface area contributed by atoms with Crippen LogP contribution in [0.4, 0.5) is 0 Å². The van der Waals surface area contributed by atoms with Crippen LogP contribution in [0.2, 0.25) is 0 Å². The molecule has 0 aliphatic carbocycles. The topological polar surface area (TPSA) is 55.8 Å². The summed E-state index contributed by atoms with van der Waals surface area (Å²) < 4.78 is 10.9. The molecule has 0 spiro atoms. The Hall–Kier alpha value is -1.88. The highest BCUT2D eigenvalue weighted by atomic mass is 16.6. The van der Waals surface area contributed by atoms with Gasteiger partial charge in [0.1, 0.15) is 18.6 Å². The molecule has 2 bridgehead atoms. The first-order valence-electron chi connectivity index (χ1n) is 8.65. The number of carbonyl (C=O) groups is 2. The molecule has 5 heteroatoms. The van der Waals surface area contributed by atoms with E-state index >= 15 is 0 Å². The Kier molecular flexibility index (Phi) is 5.19. The normalized spacial score (nSPS) is 27.5. The molecule has 2 aliphatic heterocycles. The van der Waals surface area contributed by atoms with Gasteiger partial charge in [-0.05, 0) is 38.3 Å². The fraction of sp³-hybridized carbons (Fsp3) is 0.579. The van der Waals surface area contributed by atoms with Crippen molar-refractivity contribution in [1.29, 1.82) is 0 Å². The Morgan fingerprint density at radius 3 is 2.38 bits per heavy atom. The summed E-state index contributed by atoms with van der Waals surface area (Å²) >= 11 is 0. The molecule has 0 radical (unpaired) electrons. The Morgan fingerprint density at radius 2 is 1.79 bits per heavy atom. The lowest BCUT2D eigenvalue weighted by Gasteiger charge is -2.36. The van der Waals surface area contributed by atoms with Crippen LogP contribution in [0.1, 0.15) is 44.1 Å². The molecular formula is C19H25NO4. The summed E-state index contributed by atoms with van der Waals surface area (Å²) in [4.78, 5) is 26.3. The Labute approximate surface area is 142 Å². The molecule has 3 rings (SSSR count). The highest BCUT2D eigenvalue weighted by Crippen LogP contribution is 2.36. The Bertz CT molecular complexity index is 574. The van der Waals surface area contributed by atoms with E-state index in [1.807, 2.05) is 30.3 Å². The fourth-order valence-electron chi connectivity index (χ4n) is 3.89. The van der Waals surface area contributed by atoms with E-state index in [0.717, 1.165) is 18.4 Å². The zero-order chi connectivity index (χ0) is 17.1. The second-order valence-corrected chi connectivity index (χ2v) is 6.85. The van der Waals surface area contributed by atoms with Gasteiger partial charge in [-0.15, -0.1) is 0 Å². The predicted octanol–water partition coefficient (Wildman–Crippen LogP) is 2.50. The van der Waals surface area contributed by atoms with Crippen molar-refractivity contribution in [3.05, 3.63) is 35.9 Å². The SMILES string of the molecule is CC(=O)OCC(C(=O)OC1CC2CCC(C1)N2C)c1ccccc1. The lowest BCUT2D eigenvalue weighted by Crippen LogP contribution is -2.44. The molecule has 2 saturated heterocycles. The Balaban J connectivity index is 1.66. The smallest absolute Gasteiger partial charge is 0.317 e. The monoisotopic (exact) mass is 331 g/mol. The van der Waals surface area contributed by atoms with Crippen molar-refractivity contribution in [3.63, 3.8) is 0 Å². The molecule has 2 fully saturated rings. The van der Waals surface area contributed by atoms with Crippen LogP contribution >= 0.6 is 0 Å². The lowest BCUT2D eigenvalue weighted by molar-refractivity contribution is -0.157. The van der Waals surface area contributed by atoms with Crippen molar-refractivity contribution in [3.8, 4) is 0 Å². The van der Waals surface area contributed by atoms with E-state index in [1.54, 1.807) is 0 Å². The maximum Gasteiger partial charge on any atom is 0.317 e. The van der Waals surface area contributed by atoms with Crippen LogP contribution in [0.5, 0.6) is 0 Å². The fourth-order valence-corrected chi connectivity index (χ4v) is 3.89. The van der Waals surface area contributed by atoms with E-state index in [2.05, 4.69) is 11.9 Å². The van der Waals surface area contributed by atoms with E-state index in [-0.39, 0.29) is 24.6 Å². The van der Waals surface area contributed by atoms with Crippen LogP contribution in [0.25, 0.3) is 0 Å². The minimum atomic E-state index is -0.563. The summed E-state index contributed by atoms with van der Waals surface area (Å²) in [6, 6.07) is 10.4. The molecule has 0 amide bonds. The molecular weight excluding hydrogens is 306 g/mol. The average molecular weight is 331 g/mol. The van der Waals surface area contributed by atoms with Gasteiger partial charge in [-0.25, -0.2) is 0 Å². The predicted molar refractivity (Wildman–Crippen MR) is 89.5 cm³/mol. The summed E-state index contributed by atoms with van der Waals surface area (Å²) in [5.74, 6) is -1.25. The third kappa shape index (κ3) is 3.78. The number of benzene rings is 1. The highest BCUT2D eigenvalue weighted by molar-refractivity contribution is 5.79. The average Bonchev–Trinajstić information content (AvgIpc) is 2.77. The van der Waals surface area contributed by atoms with Crippen molar-refractivity contribution in [2.45, 2.75) is 56.7 Å². The van der Waals surface area contributed by atoms with Crippen LogP contribution in [0, 0.1) is 0 Å². The first-order valence-corrected chi connectivity index (χ1v) is 8.65. The van der Waals surface area contributed by atoms with E-state index in [1.165, 1.54) is 19.8 Å². The number of hydrogen-bond acceptors (Lipinski definition) is 5. The van der Waals surface area contributed by atoms with E-state index in [0.29, 0.717) is 12.1 Å². The number of piperidine rings is 1. The lowest BCUT2D eigenvalue weighted by atomic mass is 9.98. The summed E-state index contributed by atoms with van der Waals surface area (Å²) in [5, 5.41) is 0. The van der Waals surface area contributed by atoms with Gasteiger partial charge in [0.2, 0.25) is 0 Å². The van der Waals surface area contributed by atoms with Crippen LogP contribution in [0.15, 0.2) is 30.3 Å². The summed E-state index contributed by atoms with van der Waals surface area (Å²) in [5.41, 5.74) is 0.819. The molecule has 1 aromatic carbocycles. The maximum atomic E-state index is 12.7. The first-order chi connectivity index (χ1) is 11.5. The standard InChI is InChI=1S/C19H25NO4/c1-13(21)23-12-18(14-6-4-3-5-7-14)19(22)24-17-10-15-8-9-16(11-17)20(15)2/h3-7,15-18H,8-12H2,1-2H3. The third-order valence-corrected chi connectivity index (χ3v) is 5.28. The first kappa shape index (κ1) is 17.0. The van der Waals surface area contributed by atoms with Crippen molar-refractivity contribution < 1.29 is 19.1 Å². The molecule has 2 heterocycles. The molecule has 5 nitrogen and oxygen atoms in total. The number of fused-ring (bicyclic) bond motifs is 2. The number of nitrogens with zero attached hydrogens (tertiary/aromatic N) is 1. The van der Waals surface area contributed by atoms with Gasteiger partial charge in [-0.2, -0.15) is 0 Å². The molecule has 2 aliphatic rings. The van der Waals surface area contributed by atoms with Crippen LogP contribution in [-0.4, -0.2) is 48.7 Å². The highest BCUT2D eigenvalue weighted by Gasteiger charge is 2.40. The number of esters is 2. The number of rotatable bonds is 5. The van der Waals surface area contributed by atoms with Crippen molar-refractivity contribution in [2.75, 3.05) is 13.7 Å². The van der Waals surface area contributed by atoms with E-state index in [9.17, 15) is 9.59 Å². The van der Waals surface area contributed by atoms with Gasteiger partial charge in [-0.1, -0.05) is 30.3 Å².